The van der Waals surface area contributed by atoms with E-state index in [1.807, 2.05) is 42.6 Å². The summed E-state index contributed by atoms with van der Waals surface area (Å²) in [6, 6.07) is 11.3. The van der Waals surface area contributed by atoms with Crippen molar-refractivity contribution in [3.63, 3.8) is 0 Å². The highest BCUT2D eigenvalue weighted by molar-refractivity contribution is 7.98. The van der Waals surface area contributed by atoms with Crippen LogP contribution in [0.1, 0.15) is 17.1 Å². The van der Waals surface area contributed by atoms with Gasteiger partial charge in [-0.3, -0.25) is 14.2 Å². The molecule has 0 fully saturated rings. The first-order valence-electron chi connectivity index (χ1n) is 10.4. The van der Waals surface area contributed by atoms with E-state index in [0.717, 1.165) is 10.4 Å². The van der Waals surface area contributed by atoms with E-state index in [-0.39, 0.29) is 17.7 Å². The summed E-state index contributed by atoms with van der Waals surface area (Å²) < 4.78 is 1.59. The number of fused-ring (bicyclic) bond motifs is 2. The predicted molar refractivity (Wildman–Crippen MR) is 136 cm³/mol. The Balaban J connectivity index is 1.48. The van der Waals surface area contributed by atoms with Crippen molar-refractivity contribution in [1.29, 1.82) is 0 Å². The van der Waals surface area contributed by atoms with Crippen molar-refractivity contribution in [1.82, 2.24) is 19.5 Å². The number of aromatic nitrogens is 4. The molecule has 33 heavy (non-hydrogen) atoms. The molecule has 0 spiro atoms. The van der Waals surface area contributed by atoms with Crippen LogP contribution in [0.5, 0.6) is 0 Å². The highest BCUT2D eigenvalue weighted by atomic mass is 32.2. The van der Waals surface area contributed by atoms with Crippen molar-refractivity contribution in [3.05, 3.63) is 73.2 Å². The largest absolute Gasteiger partial charge is 0.396 e. The molecule has 10 heteroatoms. The van der Waals surface area contributed by atoms with Gasteiger partial charge in [0.2, 0.25) is 0 Å². The summed E-state index contributed by atoms with van der Waals surface area (Å²) in [5.41, 5.74) is 1.23. The minimum Gasteiger partial charge on any atom is -0.396 e. The molecule has 4 heterocycles. The monoisotopic (exact) mass is 496 g/mol. The molecule has 1 aromatic carbocycles. The molecule has 5 aromatic rings. The number of thioether (sulfide) groups is 1. The smallest absolute Gasteiger partial charge is 0.262 e. The molecule has 4 aromatic heterocycles. The predicted octanol–water partition coefficient (Wildman–Crippen LogP) is 4.41. The Morgan fingerprint density at radius 2 is 2.00 bits per heavy atom. The summed E-state index contributed by atoms with van der Waals surface area (Å²) in [7, 11) is 0. The number of hydrogen-bond donors (Lipinski definition) is 2. The zero-order valence-electron chi connectivity index (χ0n) is 17.7. The molecular formula is C23H20N4O3S3. The first-order chi connectivity index (χ1) is 16.0. The third-order valence-electron chi connectivity index (χ3n) is 5.20. The Morgan fingerprint density at radius 3 is 2.79 bits per heavy atom. The lowest BCUT2D eigenvalue weighted by atomic mass is 10.2. The van der Waals surface area contributed by atoms with E-state index in [1.54, 1.807) is 22.0 Å². The molecule has 0 radical (unpaired) electrons. The average Bonchev–Trinajstić information content (AvgIpc) is 3.43. The number of hydrogen-bond acceptors (Lipinski definition) is 8. The van der Waals surface area contributed by atoms with Crippen molar-refractivity contribution < 1.29 is 5.11 Å². The summed E-state index contributed by atoms with van der Waals surface area (Å²) in [5.74, 6) is 0.893. The van der Waals surface area contributed by atoms with E-state index < -0.39 is 0 Å². The van der Waals surface area contributed by atoms with Gasteiger partial charge < -0.3 is 10.1 Å². The number of aromatic amines is 1. The topological polar surface area (TPSA) is 101 Å². The van der Waals surface area contributed by atoms with Crippen molar-refractivity contribution in [2.45, 2.75) is 30.8 Å². The van der Waals surface area contributed by atoms with Gasteiger partial charge in [0, 0.05) is 33.8 Å². The van der Waals surface area contributed by atoms with E-state index in [0.29, 0.717) is 50.8 Å². The lowest BCUT2D eigenvalue weighted by molar-refractivity contribution is 0.276. The van der Waals surface area contributed by atoms with Crippen LogP contribution in [-0.2, 0) is 12.3 Å². The van der Waals surface area contributed by atoms with Crippen molar-refractivity contribution >= 4 is 55.6 Å². The molecular weight excluding hydrogens is 476 g/mol. The van der Waals surface area contributed by atoms with Crippen molar-refractivity contribution in [2.24, 2.45) is 0 Å². The van der Waals surface area contributed by atoms with Crippen LogP contribution in [0.4, 0.5) is 0 Å². The molecule has 0 unspecified atom stereocenters. The van der Waals surface area contributed by atoms with Crippen LogP contribution in [0, 0.1) is 6.92 Å². The number of rotatable bonds is 7. The maximum atomic E-state index is 13.0. The second kappa shape index (κ2) is 9.22. The summed E-state index contributed by atoms with van der Waals surface area (Å²) in [4.78, 5) is 41.1. The average molecular weight is 497 g/mol. The van der Waals surface area contributed by atoms with E-state index in [2.05, 4.69) is 15.0 Å². The van der Waals surface area contributed by atoms with Gasteiger partial charge in [0.15, 0.2) is 5.16 Å². The number of nitrogens with one attached hydrogen (secondary N) is 1. The molecule has 0 saturated heterocycles. The van der Waals surface area contributed by atoms with Crippen molar-refractivity contribution in [3.8, 4) is 10.4 Å². The van der Waals surface area contributed by atoms with Gasteiger partial charge in [0.25, 0.3) is 11.1 Å². The number of para-hydroxylation sites is 1. The number of aryl methyl sites for hydroxylation is 1. The minimum atomic E-state index is -0.165. The van der Waals surface area contributed by atoms with Gasteiger partial charge in [-0.25, -0.2) is 9.97 Å². The first-order valence-corrected chi connectivity index (χ1v) is 13.0. The fraction of sp³-hybridized carbons (Fsp3) is 0.217. The summed E-state index contributed by atoms with van der Waals surface area (Å²) in [5, 5.41) is 12.9. The zero-order valence-corrected chi connectivity index (χ0v) is 20.1. The number of aliphatic hydroxyl groups is 1. The van der Waals surface area contributed by atoms with Crippen LogP contribution in [-0.4, -0.2) is 31.2 Å². The van der Waals surface area contributed by atoms with Gasteiger partial charge in [-0.1, -0.05) is 23.9 Å². The Kier molecular flexibility index (Phi) is 6.15. The van der Waals surface area contributed by atoms with Gasteiger partial charge in [0.05, 0.1) is 22.0 Å². The van der Waals surface area contributed by atoms with Crippen LogP contribution < -0.4 is 11.1 Å². The lowest BCUT2D eigenvalue weighted by Crippen LogP contribution is -2.24. The van der Waals surface area contributed by atoms with Gasteiger partial charge in [-0.2, -0.15) is 0 Å². The zero-order chi connectivity index (χ0) is 22.9. The SMILES string of the molecule is Cc1ccc(-c2csc3nc(CSc4nc5ccccc5c(=O)n4CCCO)[nH]c(=O)c23)s1. The van der Waals surface area contributed by atoms with Gasteiger partial charge in [0.1, 0.15) is 10.7 Å². The molecule has 0 saturated carbocycles. The van der Waals surface area contributed by atoms with E-state index in [9.17, 15) is 14.7 Å². The highest BCUT2D eigenvalue weighted by Gasteiger charge is 2.16. The van der Waals surface area contributed by atoms with E-state index in [1.165, 1.54) is 28.0 Å². The Morgan fingerprint density at radius 1 is 1.15 bits per heavy atom. The number of thiophene rings is 2. The Hall–Kier alpha value is -2.79. The van der Waals surface area contributed by atoms with E-state index >= 15 is 0 Å². The summed E-state index contributed by atoms with van der Waals surface area (Å²) >= 11 is 4.46. The maximum Gasteiger partial charge on any atom is 0.262 e. The van der Waals surface area contributed by atoms with Crippen LogP contribution >= 0.6 is 34.4 Å². The van der Waals surface area contributed by atoms with Gasteiger partial charge in [-0.15, -0.1) is 22.7 Å². The van der Waals surface area contributed by atoms with Crippen LogP contribution in [0.3, 0.4) is 0 Å². The fourth-order valence-electron chi connectivity index (χ4n) is 3.64. The van der Waals surface area contributed by atoms with Crippen LogP contribution in [0.2, 0.25) is 0 Å². The number of aliphatic hydroxyl groups excluding tert-OH is 1. The second-order valence-electron chi connectivity index (χ2n) is 7.49. The molecule has 0 aliphatic rings. The molecule has 2 N–H and O–H groups in total. The van der Waals surface area contributed by atoms with Crippen LogP contribution in [0.15, 0.2) is 56.5 Å². The molecule has 0 bridgehead atoms. The number of H-pyrrole nitrogens is 1. The lowest BCUT2D eigenvalue weighted by Gasteiger charge is -2.12. The van der Waals surface area contributed by atoms with Gasteiger partial charge in [-0.05, 0) is 37.6 Å². The molecule has 168 valence electrons. The molecule has 0 aliphatic heterocycles. The quantitative estimate of drug-likeness (QED) is 0.256. The summed E-state index contributed by atoms with van der Waals surface area (Å²) in [6.07, 6.45) is 0.453. The van der Waals surface area contributed by atoms with Gasteiger partial charge >= 0.3 is 0 Å². The normalized spacial score (nSPS) is 11.6. The molecule has 0 atom stereocenters. The maximum absolute atomic E-state index is 13.0. The summed E-state index contributed by atoms with van der Waals surface area (Å²) in [6.45, 7) is 2.40. The minimum absolute atomic E-state index is 0.0145. The fourth-order valence-corrected chi connectivity index (χ4v) is 6.46. The highest BCUT2D eigenvalue weighted by Crippen LogP contribution is 2.35. The number of benzene rings is 1. The standard InChI is InChI=1S/C23H20N4O3S3/c1-13-7-8-17(33-13)15-11-31-21-19(15)20(29)25-18(26-21)12-32-23-24-16-6-3-2-5-14(16)22(30)27(23)9-4-10-28/h2-3,5-8,11,28H,4,9-10,12H2,1H3,(H,25,26,29). The molecule has 0 aliphatic carbocycles. The Bertz CT molecular complexity index is 1580. The molecule has 0 amide bonds. The third kappa shape index (κ3) is 4.26. The Labute approximate surface area is 200 Å². The van der Waals surface area contributed by atoms with Crippen LogP contribution in [0.25, 0.3) is 31.6 Å². The van der Waals surface area contributed by atoms with Crippen molar-refractivity contribution in [2.75, 3.05) is 6.61 Å². The first kappa shape index (κ1) is 22.0. The molecule has 7 nitrogen and oxygen atoms in total. The molecule has 5 rings (SSSR count). The van der Waals surface area contributed by atoms with E-state index in [4.69, 9.17) is 0 Å². The number of nitrogens with zero attached hydrogens (tertiary/aromatic N) is 3. The second-order valence-corrected chi connectivity index (χ2v) is 10.6. The third-order valence-corrected chi connectivity index (χ3v) is 8.10.